The first-order chi connectivity index (χ1) is 9.65. The van der Waals surface area contributed by atoms with Gasteiger partial charge in [-0.05, 0) is 34.5 Å². The van der Waals surface area contributed by atoms with Crippen LogP contribution in [0.5, 0.6) is 0 Å². The fraction of sp³-hybridized carbons (Fsp3) is 0.500. The summed E-state index contributed by atoms with van der Waals surface area (Å²) in [6.07, 6.45) is 3.90. The van der Waals surface area contributed by atoms with Crippen molar-refractivity contribution in [2.75, 3.05) is 19.6 Å². The van der Waals surface area contributed by atoms with Gasteiger partial charge in [-0.2, -0.15) is 0 Å². The highest BCUT2D eigenvalue weighted by atomic mass is 79.9. The predicted octanol–water partition coefficient (Wildman–Crippen LogP) is 2.70. The number of aryl methyl sites for hydroxylation is 2. The molecule has 108 valence electrons. The number of imidazole rings is 1. The van der Waals surface area contributed by atoms with Crippen LogP contribution < -0.4 is 5.32 Å². The second-order valence-corrected chi connectivity index (χ2v) is 7.71. The highest BCUT2D eigenvalue weighted by molar-refractivity contribution is 9.11. The van der Waals surface area contributed by atoms with Crippen LogP contribution in [0.4, 0.5) is 0 Å². The molecule has 0 radical (unpaired) electrons. The number of nitrogens with zero attached hydrogens (tertiary/aromatic N) is 3. The van der Waals surface area contributed by atoms with Gasteiger partial charge in [0, 0.05) is 50.5 Å². The Morgan fingerprint density at radius 3 is 3.05 bits per heavy atom. The van der Waals surface area contributed by atoms with Crippen molar-refractivity contribution in [2.24, 2.45) is 7.05 Å². The summed E-state index contributed by atoms with van der Waals surface area (Å²) in [4.78, 5) is 8.47. The van der Waals surface area contributed by atoms with Gasteiger partial charge in [0.2, 0.25) is 0 Å². The smallest absolute Gasteiger partial charge is 0.127 e. The van der Waals surface area contributed by atoms with E-state index in [1.807, 2.05) is 23.7 Å². The zero-order valence-electron chi connectivity index (χ0n) is 11.8. The summed E-state index contributed by atoms with van der Waals surface area (Å²) in [5.41, 5.74) is 1.33. The van der Waals surface area contributed by atoms with Gasteiger partial charge >= 0.3 is 0 Å². The number of hydrogen-bond donors (Lipinski definition) is 1. The van der Waals surface area contributed by atoms with Crippen molar-refractivity contribution in [3.8, 4) is 0 Å². The van der Waals surface area contributed by atoms with Crippen molar-refractivity contribution in [3.05, 3.63) is 38.5 Å². The minimum absolute atomic E-state index is 0.352. The molecule has 1 atom stereocenters. The van der Waals surface area contributed by atoms with Crippen LogP contribution in [0.25, 0.3) is 0 Å². The molecule has 1 unspecified atom stereocenters. The van der Waals surface area contributed by atoms with Gasteiger partial charge in [0.25, 0.3) is 0 Å². The average molecular weight is 355 g/mol. The van der Waals surface area contributed by atoms with E-state index in [2.05, 4.69) is 55.7 Å². The van der Waals surface area contributed by atoms with Crippen molar-refractivity contribution < 1.29 is 0 Å². The van der Waals surface area contributed by atoms with Crippen molar-refractivity contribution in [2.45, 2.75) is 19.5 Å². The largest absolute Gasteiger partial charge is 0.337 e. The van der Waals surface area contributed by atoms with E-state index < -0.39 is 0 Å². The van der Waals surface area contributed by atoms with Crippen LogP contribution in [0.3, 0.4) is 0 Å². The van der Waals surface area contributed by atoms with Gasteiger partial charge in [0.1, 0.15) is 5.82 Å². The Hall–Kier alpha value is -0.690. The first-order valence-corrected chi connectivity index (χ1v) is 8.43. The topological polar surface area (TPSA) is 33.1 Å². The molecular weight excluding hydrogens is 336 g/mol. The van der Waals surface area contributed by atoms with Crippen LogP contribution in [0.1, 0.15) is 22.3 Å². The van der Waals surface area contributed by atoms with E-state index in [4.69, 9.17) is 0 Å². The monoisotopic (exact) mass is 354 g/mol. The lowest BCUT2D eigenvalue weighted by molar-refractivity contribution is 0.146. The van der Waals surface area contributed by atoms with Crippen molar-refractivity contribution in [1.29, 1.82) is 0 Å². The van der Waals surface area contributed by atoms with Gasteiger partial charge in [0.15, 0.2) is 0 Å². The number of rotatable bonds is 3. The van der Waals surface area contributed by atoms with Gasteiger partial charge in [0.05, 0.1) is 9.83 Å². The number of nitrogens with one attached hydrogen (secondary N) is 1. The summed E-state index contributed by atoms with van der Waals surface area (Å²) >= 11 is 5.46. The number of halogens is 1. The van der Waals surface area contributed by atoms with Crippen LogP contribution in [-0.4, -0.2) is 34.1 Å². The Bertz CT molecular complexity index is 572. The molecule has 0 spiro atoms. The highest BCUT2D eigenvalue weighted by Crippen LogP contribution is 2.30. The quantitative estimate of drug-likeness (QED) is 0.919. The average Bonchev–Trinajstić information content (AvgIpc) is 2.97. The molecule has 20 heavy (non-hydrogen) atoms. The zero-order chi connectivity index (χ0) is 14.1. The Balaban J connectivity index is 1.80. The molecule has 0 bridgehead atoms. The molecule has 1 aliphatic rings. The maximum Gasteiger partial charge on any atom is 0.127 e. The lowest BCUT2D eigenvalue weighted by Crippen LogP contribution is -2.46. The van der Waals surface area contributed by atoms with Crippen molar-refractivity contribution in [3.63, 3.8) is 0 Å². The maximum atomic E-state index is 4.53. The molecule has 2 aromatic heterocycles. The zero-order valence-corrected chi connectivity index (χ0v) is 14.2. The fourth-order valence-corrected chi connectivity index (χ4v) is 4.34. The summed E-state index contributed by atoms with van der Waals surface area (Å²) < 4.78 is 3.37. The maximum absolute atomic E-state index is 4.53. The van der Waals surface area contributed by atoms with Gasteiger partial charge < -0.3 is 9.88 Å². The number of hydrogen-bond acceptors (Lipinski definition) is 4. The summed E-state index contributed by atoms with van der Waals surface area (Å²) in [5, 5.41) is 3.48. The number of thiophene rings is 1. The first-order valence-electron chi connectivity index (χ1n) is 6.82. The Labute approximate surface area is 131 Å². The third-order valence-electron chi connectivity index (χ3n) is 3.78. The molecule has 3 rings (SSSR count). The third-order valence-corrected chi connectivity index (χ3v) is 5.90. The Morgan fingerprint density at radius 1 is 1.55 bits per heavy atom. The molecule has 3 heterocycles. The van der Waals surface area contributed by atoms with Crippen LogP contribution >= 0.6 is 27.3 Å². The predicted molar refractivity (Wildman–Crippen MR) is 86.0 cm³/mol. The molecular formula is C14H19BrN4S. The molecule has 0 aliphatic carbocycles. The first kappa shape index (κ1) is 14.3. The lowest BCUT2D eigenvalue weighted by atomic mass is 10.1. The van der Waals surface area contributed by atoms with Crippen molar-refractivity contribution in [1.82, 2.24) is 19.8 Å². The molecule has 4 nitrogen and oxygen atoms in total. The molecule has 1 fully saturated rings. The summed E-state index contributed by atoms with van der Waals surface area (Å²) in [7, 11) is 2.07. The third kappa shape index (κ3) is 2.83. The minimum atomic E-state index is 0.352. The number of aromatic nitrogens is 2. The summed E-state index contributed by atoms with van der Waals surface area (Å²) in [5.74, 6) is 1.14. The number of piperazine rings is 1. The highest BCUT2D eigenvalue weighted by Gasteiger charge is 2.27. The summed E-state index contributed by atoms with van der Waals surface area (Å²) in [6.45, 7) is 6.23. The van der Waals surface area contributed by atoms with Crippen LogP contribution in [-0.2, 0) is 13.6 Å². The second-order valence-electron chi connectivity index (χ2n) is 5.26. The van der Waals surface area contributed by atoms with E-state index in [0.717, 1.165) is 32.0 Å². The van der Waals surface area contributed by atoms with E-state index in [9.17, 15) is 0 Å². The van der Waals surface area contributed by atoms with Crippen LogP contribution in [0.15, 0.2) is 22.2 Å². The standard InChI is InChI=1S/C14H19BrN4S/c1-10-7-11(20-13(10)15)9-19-6-3-16-8-12(19)14-17-4-5-18(14)2/h4-5,7,12,16H,3,6,8-9H2,1-2H3. The van der Waals surface area contributed by atoms with Crippen LogP contribution in [0.2, 0.25) is 0 Å². The minimum Gasteiger partial charge on any atom is -0.337 e. The molecule has 1 aliphatic heterocycles. The molecule has 0 aromatic carbocycles. The normalized spacial score (nSPS) is 20.4. The fourth-order valence-electron chi connectivity index (χ4n) is 2.69. The molecule has 6 heteroatoms. The Kier molecular flexibility index (Phi) is 4.26. The molecule has 1 N–H and O–H groups in total. The Morgan fingerprint density at radius 2 is 2.40 bits per heavy atom. The summed E-state index contributed by atoms with van der Waals surface area (Å²) in [6, 6.07) is 2.64. The second kappa shape index (κ2) is 5.97. The molecule has 0 saturated carbocycles. The molecule has 1 saturated heterocycles. The van der Waals surface area contributed by atoms with E-state index in [-0.39, 0.29) is 0 Å². The van der Waals surface area contributed by atoms with Crippen molar-refractivity contribution >= 4 is 27.3 Å². The van der Waals surface area contributed by atoms with Gasteiger partial charge in [-0.15, -0.1) is 11.3 Å². The van der Waals surface area contributed by atoms with E-state index >= 15 is 0 Å². The van der Waals surface area contributed by atoms with Crippen LogP contribution in [0, 0.1) is 6.92 Å². The molecule has 2 aromatic rings. The van der Waals surface area contributed by atoms with E-state index in [1.54, 1.807) is 0 Å². The van der Waals surface area contributed by atoms with Gasteiger partial charge in [-0.25, -0.2) is 4.98 Å². The van der Waals surface area contributed by atoms with E-state index in [1.165, 1.54) is 14.2 Å². The molecule has 0 amide bonds. The van der Waals surface area contributed by atoms with Gasteiger partial charge in [-0.3, -0.25) is 4.90 Å². The SMILES string of the molecule is Cc1cc(CN2CCNCC2c2nccn2C)sc1Br. The van der Waals surface area contributed by atoms with Gasteiger partial charge in [-0.1, -0.05) is 0 Å². The lowest BCUT2D eigenvalue weighted by Gasteiger charge is -2.35. The van der Waals surface area contributed by atoms with E-state index in [0.29, 0.717) is 6.04 Å².